The van der Waals surface area contributed by atoms with Gasteiger partial charge < -0.3 is 9.13 Å². The molecule has 4 aliphatic rings. The monoisotopic (exact) mass is 660 g/mol. The zero-order chi connectivity index (χ0) is 31.7. The van der Waals surface area contributed by atoms with Crippen molar-refractivity contribution in [2.45, 2.75) is 164 Å². The van der Waals surface area contributed by atoms with Gasteiger partial charge in [-0.1, -0.05) is 101 Å². The molecule has 4 saturated carbocycles. The van der Waals surface area contributed by atoms with E-state index in [-0.39, 0.29) is 28.2 Å². The average molecular weight is 661 g/mol. The van der Waals surface area contributed by atoms with E-state index >= 15 is 9.13 Å². The van der Waals surface area contributed by atoms with Crippen LogP contribution in [0.3, 0.4) is 0 Å². The molecule has 2 nitrogen and oxygen atoms in total. The van der Waals surface area contributed by atoms with Gasteiger partial charge in [0.2, 0.25) is 0 Å². The summed E-state index contributed by atoms with van der Waals surface area (Å²) in [6.07, 6.45) is 16.0. The van der Waals surface area contributed by atoms with E-state index in [2.05, 4.69) is 0 Å². The van der Waals surface area contributed by atoms with Crippen molar-refractivity contribution in [3.05, 3.63) is 47.5 Å². The number of rotatable bonds is 7. The molecule has 0 N–H and O–H groups in total. The summed E-state index contributed by atoms with van der Waals surface area (Å²) in [5, 5.41) is 1.33. The molecule has 4 fully saturated rings. The summed E-state index contributed by atoms with van der Waals surface area (Å²) < 4.78 is 75.2. The van der Waals surface area contributed by atoms with Crippen molar-refractivity contribution >= 4 is 24.9 Å². The van der Waals surface area contributed by atoms with E-state index in [1.807, 2.05) is 25.1 Å². The highest BCUT2D eigenvalue weighted by molar-refractivity contribution is 7.73. The zero-order valence-electron chi connectivity index (χ0n) is 27.3. The maximum atomic E-state index is 15.2. The van der Waals surface area contributed by atoms with Gasteiger partial charge in [0.05, 0.1) is 5.56 Å². The van der Waals surface area contributed by atoms with Crippen LogP contribution in [-0.4, -0.2) is 22.6 Å². The summed E-state index contributed by atoms with van der Waals surface area (Å²) in [5.41, 5.74) is 1.15. The number of benzene rings is 2. The highest BCUT2D eigenvalue weighted by atomic mass is 31.2. The molecule has 0 atom stereocenters. The minimum atomic E-state index is -4.57. The third kappa shape index (κ3) is 6.70. The van der Waals surface area contributed by atoms with Gasteiger partial charge in [0, 0.05) is 33.2 Å². The second-order valence-corrected chi connectivity index (χ2v) is 21.6. The van der Waals surface area contributed by atoms with E-state index in [1.165, 1.54) is 18.9 Å². The molecule has 0 radical (unpaired) electrons. The molecule has 4 aliphatic carbocycles. The van der Waals surface area contributed by atoms with E-state index in [1.54, 1.807) is 12.1 Å². The lowest BCUT2D eigenvalue weighted by Crippen LogP contribution is -2.30. The van der Waals surface area contributed by atoms with E-state index in [4.69, 9.17) is 0 Å². The van der Waals surface area contributed by atoms with Crippen molar-refractivity contribution in [3.8, 4) is 11.1 Å². The van der Waals surface area contributed by atoms with Crippen molar-refractivity contribution in [1.29, 1.82) is 0 Å². The number of halogens is 3. The molecule has 0 heterocycles. The van der Waals surface area contributed by atoms with Crippen molar-refractivity contribution < 1.29 is 22.3 Å². The van der Waals surface area contributed by atoms with Crippen molar-refractivity contribution in [2.75, 3.05) is 0 Å². The quantitative estimate of drug-likeness (QED) is 0.277. The molecule has 7 heteroatoms. The van der Waals surface area contributed by atoms with Gasteiger partial charge in [-0.25, -0.2) is 0 Å². The first kappa shape index (κ1) is 33.6. The summed E-state index contributed by atoms with van der Waals surface area (Å²) in [7, 11) is -5.77. The van der Waals surface area contributed by atoms with E-state index in [9.17, 15) is 13.2 Å². The van der Waals surface area contributed by atoms with Gasteiger partial charge in [0.15, 0.2) is 0 Å². The number of hydrogen-bond donors (Lipinski definition) is 0. The summed E-state index contributed by atoms with van der Waals surface area (Å²) in [6.45, 7) is 1.88. The Bertz CT molecular complexity index is 1360. The van der Waals surface area contributed by atoms with Gasteiger partial charge in [-0.2, -0.15) is 13.2 Å². The minimum Gasteiger partial charge on any atom is -0.318 e. The topological polar surface area (TPSA) is 34.1 Å². The van der Waals surface area contributed by atoms with Crippen molar-refractivity contribution in [3.63, 3.8) is 0 Å². The van der Waals surface area contributed by atoms with Crippen LogP contribution in [0.2, 0.25) is 0 Å². The van der Waals surface area contributed by atoms with Gasteiger partial charge in [0.1, 0.15) is 14.3 Å². The molecule has 0 amide bonds. The van der Waals surface area contributed by atoms with Crippen molar-refractivity contribution in [1.82, 2.24) is 0 Å². The molecule has 2 aromatic carbocycles. The lowest BCUT2D eigenvalue weighted by molar-refractivity contribution is -0.137. The summed E-state index contributed by atoms with van der Waals surface area (Å²) in [5.74, 6) is 0. The maximum absolute atomic E-state index is 15.2. The smallest absolute Gasteiger partial charge is 0.318 e. The molecular weight excluding hydrogens is 607 g/mol. The molecule has 2 aromatic rings. The SMILES string of the molecule is Cc1cc(P(=O)(C2CCCCC2)C2CCCCC2)ccc1-c1ccc(P(=O)(C2CCCCC2)C2CCCCC2)cc1C(F)(F)F. The highest BCUT2D eigenvalue weighted by Crippen LogP contribution is 2.63. The fourth-order valence-electron chi connectivity index (χ4n) is 9.68. The molecule has 0 saturated heterocycles. The lowest BCUT2D eigenvalue weighted by atomic mass is 9.95. The van der Waals surface area contributed by atoms with Gasteiger partial charge in [-0.15, -0.1) is 0 Å². The minimum absolute atomic E-state index is 0.00368. The Labute approximate surface area is 269 Å². The Morgan fingerprint density at radius 3 is 1.18 bits per heavy atom. The normalized spacial score (nSPS) is 22.5. The Balaban J connectivity index is 1.41. The van der Waals surface area contributed by atoms with Crippen molar-refractivity contribution in [2.24, 2.45) is 0 Å². The highest BCUT2D eigenvalue weighted by Gasteiger charge is 2.45. The molecular formula is C38H53F3O2P2. The first-order valence-electron chi connectivity index (χ1n) is 18.2. The Kier molecular flexibility index (Phi) is 10.5. The Morgan fingerprint density at radius 2 is 0.844 bits per heavy atom. The standard InChI is InChI=1S/C38H53F3O2P2/c1-28-26-33(44(42,29-14-6-2-7-15-29)30-16-8-3-9-17-30)22-24-35(28)36-25-23-34(27-37(36)38(39,40)41)45(43,31-18-10-4-11-19-31)32-20-12-5-13-21-32/h22-27,29-32H,2-21H2,1H3. The van der Waals surface area contributed by atoms with Gasteiger partial charge in [-0.05, 0) is 87.1 Å². The number of alkyl halides is 3. The number of aryl methyl sites for hydroxylation is 1. The molecule has 45 heavy (non-hydrogen) atoms. The van der Waals surface area contributed by atoms with Gasteiger partial charge in [0.25, 0.3) is 0 Å². The van der Waals surface area contributed by atoms with E-state index < -0.39 is 26.0 Å². The van der Waals surface area contributed by atoms with E-state index in [0.29, 0.717) is 10.9 Å². The first-order valence-corrected chi connectivity index (χ1v) is 21.8. The van der Waals surface area contributed by atoms with Crippen LogP contribution in [0.25, 0.3) is 11.1 Å². The largest absolute Gasteiger partial charge is 0.417 e. The second kappa shape index (κ2) is 14.0. The number of hydrogen-bond acceptors (Lipinski definition) is 2. The molecule has 0 spiro atoms. The maximum Gasteiger partial charge on any atom is 0.417 e. The van der Waals surface area contributed by atoms with Crippen LogP contribution in [0.15, 0.2) is 36.4 Å². The lowest BCUT2D eigenvalue weighted by Gasteiger charge is -2.39. The van der Waals surface area contributed by atoms with Crippen LogP contribution in [-0.2, 0) is 15.3 Å². The van der Waals surface area contributed by atoms with Gasteiger partial charge >= 0.3 is 6.18 Å². The average Bonchev–Trinajstić information content (AvgIpc) is 3.08. The third-order valence-electron chi connectivity index (χ3n) is 12.1. The van der Waals surface area contributed by atoms with Gasteiger partial charge in [-0.3, -0.25) is 0 Å². The molecule has 6 rings (SSSR count). The second-order valence-electron chi connectivity index (χ2n) is 14.8. The molecule has 0 aliphatic heterocycles. The fraction of sp³-hybridized carbons (Fsp3) is 0.684. The van der Waals surface area contributed by atoms with Crippen LogP contribution >= 0.6 is 14.3 Å². The first-order chi connectivity index (χ1) is 21.6. The van der Waals surface area contributed by atoms with E-state index in [0.717, 1.165) is 126 Å². The molecule has 0 aromatic heterocycles. The summed E-state index contributed by atoms with van der Waals surface area (Å²) in [4.78, 5) is 0. The predicted molar refractivity (Wildman–Crippen MR) is 184 cm³/mol. The Morgan fingerprint density at radius 1 is 0.511 bits per heavy atom. The molecule has 248 valence electrons. The van der Waals surface area contributed by atoms with Crippen LogP contribution in [0.4, 0.5) is 13.2 Å². The van der Waals surface area contributed by atoms with Crippen LogP contribution in [0.1, 0.15) is 140 Å². The van der Waals surface area contributed by atoms with Crippen LogP contribution in [0, 0.1) is 6.92 Å². The predicted octanol–water partition coefficient (Wildman–Crippen LogP) is 12.0. The summed E-state index contributed by atoms with van der Waals surface area (Å²) in [6, 6.07) is 10.4. The summed E-state index contributed by atoms with van der Waals surface area (Å²) >= 11 is 0. The fourth-order valence-corrected chi connectivity index (χ4v) is 18.4. The zero-order valence-corrected chi connectivity index (χ0v) is 29.0. The molecule has 0 unspecified atom stereocenters. The molecule has 0 bridgehead atoms. The van der Waals surface area contributed by atoms with Crippen LogP contribution < -0.4 is 10.6 Å². The third-order valence-corrected chi connectivity index (χ3v) is 20.7. The van der Waals surface area contributed by atoms with Crippen LogP contribution in [0.5, 0.6) is 0 Å². The Hall–Kier alpha value is -1.31.